The molecule has 0 spiro atoms. The van der Waals surface area contributed by atoms with Crippen LogP contribution in [0.2, 0.25) is 0 Å². The second-order valence-electron chi connectivity index (χ2n) is 2.32. The molecule has 0 aromatic carbocycles. The molecule has 0 fully saturated rings. The lowest BCUT2D eigenvalue weighted by molar-refractivity contribution is 0.464. The maximum Gasteiger partial charge on any atom is 0.214 e. The summed E-state index contributed by atoms with van der Waals surface area (Å²) >= 11 is 0. The molecule has 0 aliphatic heterocycles. The molecule has 0 saturated heterocycles. The summed E-state index contributed by atoms with van der Waals surface area (Å²) in [5.74, 6) is -0.252. The van der Waals surface area contributed by atoms with Crippen LogP contribution < -0.4 is 5.73 Å². The van der Waals surface area contributed by atoms with Gasteiger partial charge in [-0.2, -0.15) is 9.49 Å². The van der Waals surface area contributed by atoms with Crippen LogP contribution in [0.25, 0.3) is 0 Å². The smallest absolute Gasteiger partial charge is 0.214 e. The highest BCUT2D eigenvalue weighted by molar-refractivity contribution is 5.06. The van der Waals surface area contributed by atoms with Crippen LogP contribution in [0, 0.1) is 5.95 Å². The molecule has 3 nitrogen and oxygen atoms in total. The van der Waals surface area contributed by atoms with Gasteiger partial charge >= 0.3 is 0 Å². The molecule has 0 aliphatic carbocycles. The lowest BCUT2D eigenvalue weighted by atomic mass is 10.2. The summed E-state index contributed by atoms with van der Waals surface area (Å²) in [4.78, 5) is 0. The third kappa shape index (κ3) is 1.57. The van der Waals surface area contributed by atoms with Crippen molar-refractivity contribution in [3.8, 4) is 0 Å². The number of rotatable bonds is 3. The highest BCUT2D eigenvalue weighted by Gasteiger charge is 2.06. The molecule has 4 heteroatoms. The average molecular weight is 157 g/mol. The van der Waals surface area contributed by atoms with Gasteiger partial charge in [0.05, 0.1) is 6.20 Å². The van der Waals surface area contributed by atoms with Gasteiger partial charge in [0.15, 0.2) is 0 Å². The summed E-state index contributed by atoms with van der Waals surface area (Å²) in [7, 11) is 0. The van der Waals surface area contributed by atoms with Crippen LogP contribution in [0.5, 0.6) is 0 Å². The van der Waals surface area contributed by atoms with Gasteiger partial charge < -0.3 is 5.73 Å². The van der Waals surface area contributed by atoms with Crippen LogP contribution in [-0.2, 0) is 13.0 Å². The molecule has 0 bridgehead atoms. The largest absolute Gasteiger partial charge is 0.330 e. The fourth-order valence-corrected chi connectivity index (χ4v) is 0.953. The molecule has 0 atom stereocenters. The van der Waals surface area contributed by atoms with Gasteiger partial charge in [-0.3, -0.25) is 0 Å². The molecular weight excluding hydrogens is 145 g/mol. The normalized spacial score (nSPS) is 10.5. The van der Waals surface area contributed by atoms with Crippen molar-refractivity contribution in [2.75, 3.05) is 6.54 Å². The van der Waals surface area contributed by atoms with Crippen LogP contribution in [0.3, 0.4) is 0 Å². The highest BCUT2D eigenvalue weighted by atomic mass is 19.1. The Hall–Kier alpha value is -0.900. The number of aryl methyl sites for hydroxylation is 1. The molecule has 1 heterocycles. The van der Waals surface area contributed by atoms with Gasteiger partial charge in [-0.25, -0.2) is 4.68 Å². The van der Waals surface area contributed by atoms with E-state index in [0.29, 0.717) is 25.1 Å². The fourth-order valence-electron chi connectivity index (χ4n) is 0.953. The van der Waals surface area contributed by atoms with E-state index in [4.69, 9.17) is 5.73 Å². The first-order chi connectivity index (χ1) is 5.29. The van der Waals surface area contributed by atoms with Crippen molar-refractivity contribution in [3.05, 3.63) is 17.7 Å². The van der Waals surface area contributed by atoms with Crippen molar-refractivity contribution in [2.45, 2.75) is 19.9 Å². The third-order valence-corrected chi connectivity index (χ3v) is 1.56. The number of aromatic nitrogens is 2. The topological polar surface area (TPSA) is 43.8 Å². The number of hydrogen-bond acceptors (Lipinski definition) is 2. The fraction of sp³-hybridized carbons (Fsp3) is 0.571. The first kappa shape index (κ1) is 8.20. The SMILES string of the molecule is CCn1ncc(CCN)c1F. The van der Waals surface area contributed by atoms with Crippen LogP contribution in [0.15, 0.2) is 6.20 Å². The molecule has 1 aromatic heterocycles. The molecule has 1 rings (SSSR count). The molecule has 2 N–H and O–H groups in total. The van der Waals surface area contributed by atoms with Gasteiger partial charge in [0.25, 0.3) is 0 Å². The number of nitrogens with zero attached hydrogens (tertiary/aromatic N) is 2. The first-order valence-electron chi connectivity index (χ1n) is 3.69. The minimum atomic E-state index is -0.252. The zero-order chi connectivity index (χ0) is 8.27. The third-order valence-electron chi connectivity index (χ3n) is 1.56. The van der Waals surface area contributed by atoms with Gasteiger partial charge in [-0.05, 0) is 19.9 Å². The van der Waals surface area contributed by atoms with E-state index >= 15 is 0 Å². The highest BCUT2D eigenvalue weighted by Crippen LogP contribution is 2.05. The van der Waals surface area contributed by atoms with Gasteiger partial charge in [0, 0.05) is 12.1 Å². The van der Waals surface area contributed by atoms with Crippen LogP contribution in [-0.4, -0.2) is 16.3 Å². The summed E-state index contributed by atoms with van der Waals surface area (Å²) < 4.78 is 14.4. The zero-order valence-electron chi connectivity index (χ0n) is 6.55. The minimum Gasteiger partial charge on any atom is -0.330 e. The quantitative estimate of drug-likeness (QED) is 0.696. The molecule has 1 aromatic rings. The van der Waals surface area contributed by atoms with Gasteiger partial charge in [0.1, 0.15) is 0 Å². The second kappa shape index (κ2) is 3.48. The van der Waals surface area contributed by atoms with E-state index < -0.39 is 0 Å². The Kier molecular flexibility index (Phi) is 2.59. The van der Waals surface area contributed by atoms with E-state index in [1.165, 1.54) is 10.9 Å². The maximum atomic E-state index is 13.1. The molecule has 62 valence electrons. The van der Waals surface area contributed by atoms with E-state index in [1.807, 2.05) is 6.92 Å². The second-order valence-corrected chi connectivity index (χ2v) is 2.32. The molecule has 0 aliphatic rings. The molecule has 0 unspecified atom stereocenters. The number of halogens is 1. The summed E-state index contributed by atoms with van der Waals surface area (Å²) in [5.41, 5.74) is 5.88. The number of nitrogens with two attached hydrogens (primary N) is 1. The predicted octanol–water partition coefficient (Wildman–Crippen LogP) is 0.543. The molecule has 0 saturated carbocycles. The Bertz CT molecular complexity index is 232. The zero-order valence-corrected chi connectivity index (χ0v) is 6.55. The van der Waals surface area contributed by atoms with Gasteiger partial charge in [-0.1, -0.05) is 0 Å². The Morgan fingerprint density at radius 1 is 1.73 bits per heavy atom. The Balaban J connectivity index is 2.82. The summed E-state index contributed by atoms with van der Waals surface area (Å²) in [6, 6.07) is 0. The molecular formula is C7H12FN3. The first-order valence-corrected chi connectivity index (χ1v) is 3.69. The summed E-state index contributed by atoms with van der Waals surface area (Å²) in [5, 5.41) is 3.84. The van der Waals surface area contributed by atoms with Crippen LogP contribution in [0.1, 0.15) is 12.5 Å². The van der Waals surface area contributed by atoms with Crippen molar-refractivity contribution in [3.63, 3.8) is 0 Å². The van der Waals surface area contributed by atoms with Crippen molar-refractivity contribution < 1.29 is 4.39 Å². The minimum absolute atomic E-state index is 0.252. The van der Waals surface area contributed by atoms with Crippen LogP contribution >= 0.6 is 0 Å². The predicted molar refractivity (Wildman–Crippen MR) is 40.6 cm³/mol. The van der Waals surface area contributed by atoms with Crippen molar-refractivity contribution in [1.29, 1.82) is 0 Å². The Morgan fingerprint density at radius 3 is 2.91 bits per heavy atom. The van der Waals surface area contributed by atoms with E-state index in [9.17, 15) is 4.39 Å². The van der Waals surface area contributed by atoms with Crippen molar-refractivity contribution >= 4 is 0 Å². The summed E-state index contributed by atoms with van der Waals surface area (Å²) in [6.07, 6.45) is 2.09. The monoisotopic (exact) mass is 157 g/mol. The van der Waals surface area contributed by atoms with E-state index in [2.05, 4.69) is 5.10 Å². The maximum absolute atomic E-state index is 13.1. The Morgan fingerprint density at radius 2 is 2.45 bits per heavy atom. The molecule has 0 radical (unpaired) electrons. The Labute approximate surface area is 65.0 Å². The lowest BCUT2D eigenvalue weighted by Crippen LogP contribution is -2.05. The average Bonchev–Trinajstić information content (AvgIpc) is 2.34. The van der Waals surface area contributed by atoms with Crippen LogP contribution in [0.4, 0.5) is 4.39 Å². The van der Waals surface area contributed by atoms with Gasteiger partial charge in [0.2, 0.25) is 5.95 Å². The standard InChI is InChI=1S/C7H12FN3/c1-2-11-7(8)6(3-4-9)5-10-11/h5H,2-4,9H2,1H3. The van der Waals surface area contributed by atoms with E-state index in [0.717, 1.165) is 0 Å². The van der Waals surface area contributed by atoms with Gasteiger partial charge in [-0.15, -0.1) is 0 Å². The number of hydrogen-bond donors (Lipinski definition) is 1. The summed E-state index contributed by atoms with van der Waals surface area (Å²) in [6.45, 7) is 2.88. The van der Waals surface area contributed by atoms with Crippen molar-refractivity contribution in [1.82, 2.24) is 9.78 Å². The molecule has 0 amide bonds. The van der Waals surface area contributed by atoms with E-state index in [-0.39, 0.29) is 5.95 Å². The van der Waals surface area contributed by atoms with Crippen molar-refractivity contribution in [2.24, 2.45) is 5.73 Å². The lowest BCUT2D eigenvalue weighted by Gasteiger charge is -1.95. The van der Waals surface area contributed by atoms with E-state index in [1.54, 1.807) is 0 Å². The molecule has 11 heavy (non-hydrogen) atoms.